The number of phenols is 1. The van der Waals surface area contributed by atoms with Crippen LogP contribution in [0.4, 0.5) is 9.59 Å². The molecule has 0 heterocycles. The maximum absolute atomic E-state index is 12.1. The van der Waals surface area contributed by atoms with Gasteiger partial charge in [-0.3, -0.25) is 0 Å². The van der Waals surface area contributed by atoms with Crippen LogP contribution in [0.2, 0.25) is 0 Å². The molecule has 1 aromatic carbocycles. The second kappa shape index (κ2) is 9.76. The standard InChI is InChI=1S/C17H19NO7/c1-3-9-24-16(22)18(17(23)25-10-4-2)14(15(20)21)11-12-5-7-13(19)8-6-12/h3-8,14,19H,1-2,9-11H2,(H,20,21)/t14-/m0/s1. The summed E-state index contributed by atoms with van der Waals surface area (Å²) < 4.78 is 9.56. The Bertz CT molecular complexity index is 615. The number of carboxylic acid groups (broad SMARTS) is 1. The van der Waals surface area contributed by atoms with Crippen LogP contribution in [0, 0.1) is 0 Å². The molecule has 134 valence electrons. The number of hydrogen-bond donors (Lipinski definition) is 2. The van der Waals surface area contributed by atoms with Gasteiger partial charge in [-0.1, -0.05) is 37.4 Å². The van der Waals surface area contributed by atoms with E-state index < -0.39 is 24.2 Å². The Morgan fingerprint density at radius 2 is 1.52 bits per heavy atom. The zero-order chi connectivity index (χ0) is 18.8. The van der Waals surface area contributed by atoms with Gasteiger partial charge in [0.2, 0.25) is 0 Å². The molecule has 0 saturated carbocycles. The molecule has 0 spiro atoms. The summed E-state index contributed by atoms with van der Waals surface area (Å²) in [5.41, 5.74) is 0.489. The largest absolute Gasteiger partial charge is 0.508 e. The third-order valence-electron chi connectivity index (χ3n) is 3.00. The van der Waals surface area contributed by atoms with Crippen LogP contribution in [0.5, 0.6) is 5.75 Å². The fourth-order valence-electron chi connectivity index (χ4n) is 1.87. The molecular weight excluding hydrogens is 330 g/mol. The predicted octanol–water partition coefficient (Wildman–Crippen LogP) is 2.34. The van der Waals surface area contributed by atoms with Gasteiger partial charge >= 0.3 is 18.2 Å². The van der Waals surface area contributed by atoms with Crippen molar-refractivity contribution in [3.05, 3.63) is 55.1 Å². The molecule has 0 aromatic heterocycles. The summed E-state index contributed by atoms with van der Waals surface area (Å²) in [6.07, 6.45) is 0.0318. The lowest BCUT2D eigenvalue weighted by molar-refractivity contribution is -0.142. The number of carboxylic acids is 1. The number of hydrogen-bond acceptors (Lipinski definition) is 6. The van der Waals surface area contributed by atoms with Gasteiger partial charge in [0.1, 0.15) is 25.0 Å². The number of ether oxygens (including phenoxy) is 2. The SMILES string of the molecule is C=CCOC(=O)N(C(=O)OCC=C)[C@@H](Cc1ccc(O)cc1)C(=O)O. The van der Waals surface area contributed by atoms with Crippen LogP contribution in [-0.4, -0.2) is 52.5 Å². The predicted molar refractivity (Wildman–Crippen MR) is 88.2 cm³/mol. The Balaban J connectivity index is 3.09. The molecular formula is C17H19NO7. The van der Waals surface area contributed by atoms with Crippen LogP contribution < -0.4 is 0 Å². The first kappa shape index (κ1) is 19.8. The van der Waals surface area contributed by atoms with E-state index in [4.69, 9.17) is 9.47 Å². The molecule has 1 atom stereocenters. The van der Waals surface area contributed by atoms with E-state index in [-0.39, 0.29) is 25.4 Å². The number of aromatic hydroxyl groups is 1. The fraction of sp³-hybridized carbons (Fsp3) is 0.235. The number of nitrogens with zero attached hydrogens (tertiary/aromatic N) is 1. The minimum Gasteiger partial charge on any atom is -0.508 e. The summed E-state index contributed by atoms with van der Waals surface area (Å²) in [7, 11) is 0. The molecule has 8 heteroatoms. The van der Waals surface area contributed by atoms with Crippen LogP contribution in [0.25, 0.3) is 0 Å². The second-order valence-electron chi connectivity index (χ2n) is 4.83. The van der Waals surface area contributed by atoms with E-state index in [1.807, 2.05) is 0 Å². The van der Waals surface area contributed by atoms with Crippen molar-refractivity contribution in [3.63, 3.8) is 0 Å². The maximum Gasteiger partial charge on any atom is 0.420 e. The highest BCUT2D eigenvalue weighted by Crippen LogP contribution is 2.16. The molecule has 2 amide bonds. The van der Waals surface area contributed by atoms with Crippen LogP contribution in [-0.2, 0) is 20.7 Å². The van der Waals surface area contributed by atoms with Gasteiger partial charge in [-0.25, -0.2) is 14.4 Å². The zero-order valence-corrected chi connectivity index (χ0v) is 13.5. The fourth-order valence-corrected chi connectivity index (χ4v) is 1.87. The highest BCUT2D eigenvalue weighted by atomic mass is 16.6. The van der Waals surface area contributed by atoms with Gasteiger partial charge < -0.3 is 19.7 Å². The lowest BCUT2D eigenvalue weighted by Gasteiger charge is -2.25. The summed E-state index contributed by atoms with van der Waals surface area (Å²) in [6, 6.07) is 4.13. The first-order valence-corrected chi connectivity index (χ1v) is 7.26. The van der Waals surface area contributed by atoms with Crippen molar-refractivity contribution < 1.29 is 34.1 Å². The van der Waals surface area contributed by atoms with E-state index in [1.165, 1.54) is 36.4 Å². The van der Waals surface area contributed by atoms with E-state index in [2.05, 4.69) is 13.2 Å². The summed E-state index contributed by atoms with van der Waals surface area (Å²) >= 11 is 0. The molecule has 1 rings (SSSR count). The van der Waals surface area contributed by atoms with Gasteiger partial charge in [0, 0.05) is 6.42 Å². The third kappa shape index (κ3) is 6.02. The Hall–Kier alpha value is -3.29. The van der Waals surface area contributed by atoms with Crippen LogP contribution in [0.1, 0.15) is 5.56 Å². The normalized spacial score (nSPS) is 11.0. The number of imide groups is 1. The second-order valence-corrected chi connectivity index (χ2v) is 4.83. The number of phenolic OH excluding ortho intramolecular Hbond substituents is 1. The van der Waals surface area contributed by atoms with Crippen molar-refractivity contribution in [3.8, 4) is 5.75 Å². The van der Waals surface area contributed by atoms with Gasteiger partial charge in [-0.15, -0.1) is 0 Å². The molecule has 25 heavy (non-hydrogen) atoms. The Morgan fingerprint density at radius 1 is 1.04 bits per heavy atom. The molecule has 0 aliphatic heterocycles. The number of carbonyl (C=O) groups excluding carboxylic acids is 2. The lowest BCUT2D eigenvalue weighted by Crippen LogP contribution is -2.50. The molecule has 0 bridgehead atoms. The molecule has 0 radical (unpaired) electrons. The molecule has 0 aliphatic rings. The number of aliphatic carboxylic acids is 1. The average Bonchev–Trinajstić information content (AvgIpc) is 2.59. The smallest absolute Gasteiger partial charge is 0.420 e. The summed E-state index contributed by atoms with van der Waals surface area (Å²) in [5.74, 6) is -1.41. The molecule has 0 aliphatic carbocycles. The molecule has 0 unspecified atom stereocenters. The molecule has 2 N–H and O–H groups in total. The van der Waals surface area contributed by atoms with Gasteiger partial charge in [-0.2, -0.15) is 4.90 Å². The highest BCUT2D eigenvalue weighted by Gasteiger charge is 2.37. The van der Waals surface area contributed by atoms with Crippen molar-refractivity contribution in [1.82, 2.24) is 4.90 Å². The van der Waals surface area contributed by atoms with Crippen molar-refractivity contribution in [1.29, 1.82) is 0 Å². The summed E-state index contributed by atoms with van der Waals surface area (Å²) in [4.78, 5) is 36.3. The van der Waals surface area contributed by atoms with Crippen molar-refractivity contribution >= 4 is 18.2 Å². The van der Waals surface area contributed by atoms with Gasteiger partial charge in [0.05, 0.1) is 0 Å². The molecule has 0 saturated heterocycles. The lowest BCUT2D eigenvalue weighted by atomic mass is 10.0. The van der Waals surface area contributed by atoms with Crippen molar-refractivity contribution in [2.75, 3.05) is 13.2 Å². The number of carbonyl (C=O) groups is 3. The molecule has 1 aromatic rings. The van der Waals surface area contributed by atoms with E-state index >= 15 is 0 Å². The zero-order valence-electron chi connectivity index (χ0n) is 13.5. The van der Waals surface area contributed by atoms with E-state index in [0.29, 0.717) is 10.5 Å². The average molecular weight is 349 g/mol. The summed E-state index contributed by atoms with van der Waals surface area (Å²) in [6.45, 7) is 6.36. The summed E-state index contributed by atoms with van der Waals surface area (Å²) in [5, 5.41) is 18.7. The Labute approximate surface area is 144 Å². The maximum atomic E-state index is 12.1. The first-order chi connectivity index (χ1) is 11.9. The third-order valence-corrected chi connectivity index (χ3v) is 3.00. The Morgan fingerprint density at radius 3 is 1.92 bits per heavy atom. The number of benzene rings is 1. The number of rotatable bonds is 8. The van der Waals surface area contributed by atoms with Crippen LogP contribution in [0.3, 0.4) is 0 Å². The van der Waals surface area contributed by atoms with E-state index in [1.54, 1.807) is 0 Å². The highest BCUT2D eigenvalue weighted by molar-refractivity contribution is 5.93. The van der Waals surface area contributed by atoms with Crippen molar-refractivity contribution in [2.24, 2.45) is 0 Å². The topological polar surface area (TPSA) is 113 Å². The monoisotopic (exact) mass is 349 g/mol. The quantitative estimate of drug-likeness (QED) is 0.692. The van der Waals surface area contributed by atoms with Gasteiger partial charge in [-0.05, 0) is 17.7 Å². The van der Waals surface area contributed by atoms with E-state index in [0.717, 1.165) is 0 Å². The van der Waals surface area contributed by atoms with Gasteiger partial charge in [0.25, 0.3) is 0 Å². The Kier molecular flexibility index (Phi) is 7.71. The minimum atomic E-state index is -1.56. The molecule has 8 nitrogen and oxygen atoms in total. The minimum absolute atomic E-state index is 0.00302. The van der Waals surface area contributed by atoms with Crippen molar-refractivity contribution in [2.45, 2.75) is 12.5 Å². The number of amides is 2. The first-order valence-electron chi connectivity index (χ1n) is 7.26. The van der Waals surface area contributed by atoms with Crippen LogP contribution in [0.15, 0.2) is 49.6 Å². The van der Waals surface area contributed by atoms with E-state index in [9.17, 15) is 24.6 Å². The molecule has 0 fully saturated rings. The van der Waals surface area contributed by atoms with Crippen LogP contribution >= 0.6 is 0 Å². The van der Waals surface area contributed by atoms with Gasteiger partial charge in [0.15, 0.2) is 0 Å².